The van der Waals surface area contributed by atoms with E-state index in [1.807, 2.05) is 27.7 Å². The first kappa shape index (κ1) is 14.2. The quantitative estimate of drug-likeness (QED) is 0.662. The number of benzene rings is 1. The van der Waals surface area contributed by atoms with Crippen LogP contribution in [0.1, 0.15) is 38.1 Å². The van der Waals surface area contributed by atoms with Crippen LogP contribution in [0.3, 0.4) is 0 Å². The average molecular weight is 250 g/mol. The fourth-order valence-electron chi connectivity index (χ4n) is 1.26. The first-order chi connectivity index (χ1) is 8.21. The summed E-state index contributed by atoms with van der Waals surface area (Å²) in [5.41, 5.74) is 0.169. The molecule has 0 fully saturated rings. The average Bonchev–Trinajstić information content (AvgIpc) is 2.27. The summed E-state index contributed by atoms with van der Waals surface area (Å²) in [4.78, 5) is 22.1. The molecular formula is C13H18N2O3. The molecular weight excluding hydrogens is 232 g/mol. The summed E-state index contributed by atoms with van der Waals surface area (Å²) in [6.45, 7) is 7.97. The Labute approximate surface area is 106 Å². The third kappa shape index (κ3) is 3.55. The fourth-order valence-corrected chi connectivity index (χ4v) is 1.26. The van der Waals surface area contributed by atoms with E-state index in [4.69, 9.17) is 0 Å². The molecule has 0 saturated carbocycles. The van der Waals surface area contributed by atoms with Gasteiger partial charge in [0.05, 0.1) is 4.92 Å². The molecule has 0 radical (unpaired) electrons. The third-order valence-electron chi connectivity index (χ3n) is 2.97. The minimum Gasteiger partial charge on any atom is -0.349 e. The van der Waals surface area contributed by atoms with Crippen molar-refractivity contribution in [2.45, 2.75) is 33.7 Å². The highest BCUT2D eigenvalue weighted by atomic mass is 16.6. The maximum atomic E-state index is 11.9. The number of nitro benzene ring substituents is 1. The number of rotatable bonds is 3. The van der Waals surface area contributed by atoms with E-state index < -0.39 is 4.92 Å². The zero-order chi connectivity index (χ0) is 13.9. The molecule has 0 aliphatic rings. The van der Waals surface area contributed by atoms with Crippen molar-refractivity contribution in [1.82, 2.24) is 5.32 Å². The van der Waals surface area contributed by atoms with Crippen molar-refractivity contribution in [2.24, 2.45) is 5.41 Å². The van der Waals surface area contributed by atoms with Gasteiger partial charge in [0.1, 0.15) is 0 Å². The van der Waals surface area contributed by atoms with Crippen molar-refractivity contribution in [1.29, 1.82) is 0 Å². The molecule has 1 aromatic carbocycles. The Hall–Kier alpha value is -1.91. The van der Waals surface area contributed by atoms with Crippen LogP contribution in [0.25, 0.3) is 0 Å². The summed E-state index contributed by atoms with van der Waals surface area (Å²) in [5.74, 6) is -0.291. The summed E-state index contributed by atoms with van der Waals surface area (Å²) in [6.07, 6.45) is 0. The number of carbonyl (C=O) groups is 1. The highest BCUT2D eigenvalue weighted by Gasteiger charge is 2.22. The van der Waals surface area contributed by atoms with Gasteiger partial charge in [-0.3, -0.25) is 14.9 Å². The van der Waals surface area contributed by atoms with Crippen LogP contribution in [0.4, 0.5) is 5.69 Å². The number of nitrogens with one attached hydrogen (secondary N) is 1. The van der Waals surface area contributed by atoms with Gasteiger partial charge in [0.25, 0.3) is 11.6 Å². The number of nitro groups is 1. The van der Waals surface area contributed by atoms with Gasteiger partial charge in [-0.1, -0.05) is 26.8 Å². The molecule has 5 heteroatoms. The molecule has 1 aromatic rings. The summed E-state index contributed by atoms with van der Waals surface area (Å²) in [6, 6.07) is 5.70. The second-order valence-electron chi connectivity index (χ2n) is 5.37. The third-order valence-corrected chi connectivity index (χ3v) is 2.97. The maximum absolute atomic E-state index is 11.9. The van der Waals surface area contributed by atoms with Crippen molar-refractivity contribution in [2.75, 3.05) is 0 Å². The van der Waals surface area contributed by atoms with E-state index in [0.717, 1.165) is 0 Å². The van der Waals surface area contributed by atoms with Crippen LogP contribution in [0.15, 0.2) is 24.3 Å². The second kappa shape index (κ2) is 5.16. The molecule has 0 aliphatic carbocycles. The lowest BCUT2D eigenvalue weighted by atomic mass is 9.88. The van der Waals surface area contributed by atoms with Gasteiger partial charge in [0, 0.05) is 23.7 Å². The largest absolute Gasteiger partial charge is 0.349 e. The monoisotopic (exact) mass is 250 g/mol. The summed E-state index contributed by atoms with van der Waals surface area (Å²) >= 11 is 0. The van der Waals surface area contributed by atoms with Gasteiger partial charge in [-0.25, -0.2) is 0 Å². The van der Waals surface area contributed by atoms with E-state index >= 15 is 0 Å². The van der Waals surface area contributed by atoms with Gasteiger partial charge in [0.15, 0.2) is 0 Å². The van der Waals surface area contributed by atoms with Gasteiger partial charge >= 0.3 is 0 Å². The number of carbonyl (C=O) groups excluding carboxylic acids is 1. The Balaban J connectivity index is 2.85. The normalized spacial score (nSPS) is 12.9. The minimum absolute atomic E-state index is 0.0238. The number of hydrogen-bond donors (Lipinski definition) is 1. The highest BCUT2D eigenvalue weighted by Crippen LogP contribution is 2.19. The molecule has 1 atom stereocenters. The lowest BCUT2D eigenvalue weighted by Crippen LogP contribution is -2.41. The van der Waals surface area contributed by atoms with Crippen molar-refractivity contribution in [3.8, 4) is 0 Å². The van der Waals surface area contributed by atoms with Gasteiger partial charge in [-0.2, -0.15) is 0 Å². The molecule has 1 amide bonds. The smallest absolute Gasteiger partial charge is 0.270 e. The molecule has 18 heavy (non-hydrogen) atoms. The molecule has 1 rings (SSSR count). The van der Waals surface area contributed by atoms with Gasteiger partial charge in [0.2, 0.25) is 0 Å². The van der Waals surface area contributed by atoms with Crippen LogP contribution in [-0.2, 0) is 0 Å². The molecule has 5 nitrogen and oxygen atoms in total. The first-order valence-corrected chi connectivity index (χ1v) is 5.77. The Kier molecular flexibility index (Phi) is 4.06. The topological polar surface area (TPSA) is 72.2 Å². The van der Waals surface area contributed by atoms with Crippen LogP contribution in [0, 0.1) is 15.5 Å². The van der Waals surface area contributed by atoms with Crippen molar-refractivity contribution < 1.29 is 9.72 Å². The van der Waals surface area contributed by atoms with Gasteiger partial charge < -0.3 is 5.32 Å². The molecule has 1 unspecified atom stereocenters. The Morgan fingerprint density at radius 1 is 1.39 bits per heavy atom. The zero-order valence-electron chi connectivity index (χ0n) is 11.1. The number of amides is 1. The van der Waals surface area contributed by atoms with Crippen molar-refractivity contribution in [3.63, 3.8) is 0 Å². The standard InChI is InChI=1S/C13H18N2O3/c1-9(13(2,3)4)14-12(16)10-6-5-7-11(8-10)15(17)18/h5-9H,1-4H3,(H,14,16). The van der Waals surface area contributed by atoms with Crippen LogP contribution < -0.4 is 5.32 Å². The Bertz CT molecular complexity index is 464. The SMILES string of the molecule is CC(NC(=O)c1cccc([N+](=O)[O-])c1)C(C)(C)C. The zero-order valence-corrected chi connectivity index (χ0v) is 11.1. The lowest BCUT2D eigenvalue weighted by Gasteiger charge is -2.28. The van der Waals surface area contributed by atoms with Crippen molar-refractivity contribution in [3.05, 3.63) is 39.9 Å². The first-order valence-electron chi connectivity index (χ1n) is 5.77. The number of nitrogens with zero attached hydrogens (tertiary/aromatic N) is 1. The van der Waals surface area contributed by atoms with E-state index in [0.29, 0.717) is 5.56 Å². The number of hydrogen-bond acceptors (Lipinski definition) is 3. The number of non-ortho nitro benzene ring substituents is 1. The Morgan fingerprint density at radius 2 is 2.00 bits per heavy atom. The summed E-state index contributed by atoms with van der Waals surface area (Å²) in [7, 11) is 0. The van der Waals surface area contributed by atoms with Crippen molar-refractivity contribution >= 4 is 11.6 Å². The molecule has 0 bridgehead atoms. The van der Waals surface area contributed by atoms with Crippen LogP contribution in [0.2, 0.25) is 0 Å². The van der Waals surface area contributed by atoms with Gasteiger partial charge in [-0.05, 0) is 18.4 Å². The molecule has 1 N–H and O–H groups in total. The van der Waals surface area contributed by atoms with E-state index in [-0.39, 0.29) is 23.1 Å². The highest BCUT2D eigenvalue weighted by molar-refractivity contribution is 5.95. The fraction of sp³-hybridized carbons (Fsp3) is 0.462. The van der Waals surface area contributed by atoms with E-state index in [9.17, 15) is 14.9 Å². The molecule has 0 spiro atoms. The summed E-state index contributed by atoms with van der Waals surface area (Å²) in [5, 5.41) is 13.5. The molecule has 0 aliphatic heterocycles. The van der Waals surface area contributed by atoms with E-state index in [1.54, 1.807) is 6.07 Å². The molecule has 0 aromatic heterocycles. The van der Waals surface area contributed by atoms with Crippen LogP contribution in [0.5, 0.6) is 0 Å². The predicted octanol–water partition coefficient (Wildman–Crippen LogP) is 2.76. The predicted molar refractivity (Wildman–Crippen MR) is 69.5 cm³/mol. The van der Waals surface area contributed by atoms with E-state index in [1.165, 1.54) is 18.2 Å². The lowest BCUT2D eigenvalue weighted by molar-refractivity contribution is -0.384. The maximum Gasteiger partial charge on any atom is 0.270 e. The van der Waals surface area contributed by atoms with Crippen LogP contribution in [-0.4, -0.2) is 16.9 Å². The molecule has 0 heterocycles. The Morgan fingerprint density at radius 3 is 2.50 bits per heavy atom. The molecule has 98 valence electrons. The molecule has 0 saturated heterocycles. The van der Waals surface area contributed by atoms with Crippen LogP contribution >= 0.6 is 0 Å². The van der Waals surface area contributed by atoms with E-state index in [2.05, 4.69) is 5.32 Å². The second-order valence-corrected chi connectivity index (χ2v) is 5.37. The summed E-state index contributed by atoms with van der Waals surface area (Å²) < 4.78 is 0. The van der Waals surface area contributed by atoms with Gasteiger partial charge in [-0.15, -0.1) is 0 Å². The minimum atomic E-state index is -0.510.